The van der Waals surface area contributed by atoms with Gasteiger partial charge in [0.2, 0.25) is 11.8 Å². The summed E-state index contributed by atoms with van der Waals surface area (Å²) in [6.07, 6.45) is 0.699. The van der Waals surface area contributed by atoms with Gasteiger partial charge < -0.3 is 14.8 Å². The van der Waals surface area contributed by atoms with Gasteiger partial charge in [-0.15, -0.1) is 0 Å². The highest BCUT2D eigenvalue weighted by Crippen LogP contribution is 2.34. The molecule has 7 heteroatoms. The summed E-state index contributed by atoms with van der Waals surface area (Å²) in [6.45, 7) is 0. The SMILES string of the molecule is COc1ccc(C2CC(c3ccccc3)=NN2C(=O)CCC(=O)Nc2cccc(OC)c2)cc1. The van der Waals surface area contributed by atoms with Crippen molar-refractivity contribution < 1.29 is 19.1 Å². The Balaban J connectivity index is 1.47. The Morgan fingerprint density at radius 2 is 1.65 bits per heavy atom. The van der Waals surface area contributed by atoms with Crippen molar-refractivity contribution in [1.82, 2.24) is 5.01 Å². The number of hydrogen-bond donors (Lipinski definition) is 1. The molecule has 34 heavy (non-hydrogen) atoms. The maximum absolute atomic E-state index is 13.2. The van der Waals surface area contributed by atoms with Gasteiger partial charge in [0.1, 0.15) is 11.5 Å². The van der Waals surface area contributed by atoms with Crippen LogP contribution in [0.25, 0.3) is 0 Å². The lowest BCUT2D eigenvalue weighted by molar-refractivity contribution is -0.134. The van der Waals surface area contributed by atoms with Crippen LogP contribution in [0, 0.1) is 0 Å². The first-order valence-corrected chi connectivity index (χ1v) is 11.1. The average molecular weight is 458 g/mol. The summed E-state index contributed by atoms with van der Waals surface area (Å²) >= 11 is 0. The summed E-state index contributed by atoms with van der Waals surface area (Å²) in [6, 6.07) is 24.3. The van der Waals surface area contributed by atoms with E-state index in [0.717, 1.165) is 22.6 Å². The Morgan fingerprint density at radius 3 is 2.35 bits per heavy atom. The molecule has 1 aliphatic heterocycles. The molecule has 0 saturated heterocycles. The van der Waals surface area contributed by atoms with E-state index < -0.39 is 0 Å². The van der Waals surface area contributed by atoms with Gasteiger partial charge in [0.15, 0.2) is 0 Å². The molecule has 0 fully saturated rings. The van der Waals surface area contributed by atoms with E-state index in [1.54, 1.807) is 38.5 Å². The molecule has 3 aromatic rings. The summed E-state index contributed by atoms with van der Waals surface area (Å²) in [4.78, 5) is 25.6. The van der Waals surface area contributed by atoms with Gasteiger partial charge >= 0.3 is 0 Å². The van der Waals surface area contributed by atoms with E-state index in [0.29, 0.717) is 17.9 Å². The highest BCUT2D eigenvalue weighted by atomic mass is 16.5. The van der Waals surface area contributed by atoms with Crippen molar-refractivity contribution in [2.75, 3.05) is 19.5 Å². The van der Waals surface area contributed by atoms with Gasteiger partial charge in [-0.2, -0.15) is 5.10 Å². The lowest BCUT2D eigenvalue weighted by Crippen LogP contribution is -2.28. The van der Waals surface area contributed by atoms with Crippen molar-refractivity contribution in [3.05, 3.63) is 90.0 Å². The number of ether oxygens (including phenoxy) is 2. The van der Waals surface area contributed by atoms with Crippen molar-refractivity contribution in [1.29, 1.82) is 0 Å². The van der Waals surface area contributed by atoms with Crippen LogP contribution in [0.15, 0.2) is 84.0 Å². The third kappa shape index (κ3) is 5.43. The van der Waals surface area contributed by atoms with E-state index in [1.165, 1.54) is 5.01 Å². The summed E-state index contributed by atoms with van der Waals surface area (Å²) in [7, 11) is 3.19. The highest BCUT2D eigenvalue weighted by molar-refractivity contribution is 6.03. The first-order valence-electron chi connectivity index (χ1n) is 11.1. The number of amides is 2. The lowest BCUT2D eigenvalue weighted by Gasteiger charge is -2.22. The first kappa shape index (κ1) is 23.0. The summed E-state index contributed by atoms with van der Waals surface area (Å²) in [5.74, 6) is 0.954. The van der Waals surface area contributed by atoms with Gasteiger partial charge in [-0.05, 0) is 35.4 Å². The molecule has 1 unspecified atom stereocenters. The van der Waals surface area contributed by atoms with Gasteiger partial charge in [0, 0.05) is 31.0 Å². The molecule has 0 radical (unpaired) electrons. The van der Waals surface area contributed by atoms with E-state index in [4.69, 9.17) is 9.47 Å². The Bertz CT molecular complexity index is 1180. The molecule has 0 bridgehead atoms. The fourth-order valence-corrected chi connectivity index (χ4v) is 3.89. The number of nitrogens with zero attached hydrogens (tertiary/aromatic N) is 2. The fraction of sp³-hybridized carbons (Fsp3) is 0.222. The second-order valence-electron chi connectivity index (χ2n) is 7.92. The third-order valence-corrected chi connectivity index (χ3v) is 5.69. The van der Waals surface area contributed by atoms with E-state index in [-0.39, 0.29) is 30.7 Å². The Labute approximate surface area is 199 Å². The molecule has 1 N–H and O–H groups in total. The zero-order chi connectivity index (χ0) is 23.9. The fourth-order valence-electron chi connectivity index (χ4n) is 3.89. The molecule has 1 heterocycles. The zero-order valence-corrected chi connectivity index (χ0v) is 19.2. The zero-order valence-electron chi connectivity index (χ0n) is 19.2. The van der Waals surface area contributed by atoms with E-state index >= 15 is 0 Å². The lowest BCUT2D eigenvalue weighted by atomic mass is 9.98. The van der Waals surface area contributed by atoms with Crippen molar-refractivity contribution in [3.8, 4) is 11.5 Å². The normalized spacial score (nSPS) is 14.9. The number of carbonyl (C=O) groups is 2. The molecule has 0 spiro atoms. The number of hydrogen-bond acceptors (Lipinski definition) is 5. The Hall–Kier alpha value is -4.13. The monoisotopic (exact) mass is 457 g/mol. The Morgan fingerprint density at radius 1 is 0.912 bits per heavy atom. The second-order valence-corrected chi connectivity index (χ2v) is 7.92. The molecule has 7 nitrogen and oxygen atoms in total. The third-order valence-electron chi connectivity index (χ3n) is 5.69. The van der Waals surface area contributed by atoms with Crippen LogP contribution in [-0.2, 0) is 9.59 Å². The predicted octanol–water partition coefficient (Wildman–Crippen LogP) is 4.80. The standard InChI is InChI=1S/C27H27N3O4/c1-33-22-13-11-20(12-14-22)25-18-24(19-7-4-3-5-8-19)29-30(25)27(32)16-15-26(31)28-21-9-6-10-23(17-21)34-2/h3-14,17,25H,15-16,18H2,1-2H3,(H,28,31). The van der Waals surface area contributed by atoms with Gasteiger partial charge in [-0.3, -0.25) is 9.59 Å². The van der Waals surface area contributed by atoms with Crippen LogP contribution in [0.5, 0.6) is 11.5 Å². The molecule has 3 aromatic carbocycles. The molecular formula is C27H27N3O4. The molecule has 1 aliphatic rings. The molecule has 0 aromatic heterocycles. The second kappa shape index (κ2) is 10.7. The molecular weight excluding hydrogens is 430 g/mol. The van der Waals surface area contributed by atoms with Crippen LogP contribution in [0.2, 0.25) is 0 Å². The average Bonchev–Trinajstić information content (AvgIpc) is 3.34. The van der Waals surface area contributed by atoms with Gasteiger partial charge in [-0.1, -0.05) is 48.5 Å². The molecule has 2 amide bonds. The highest BCUT2D eigenvalue weighted by Gasteiger charge is 2.33. The minimum absolute atomic E-state index is 0.0496. The van der Waals surface area contributed by atoms with E-state index in [9.17, 15) is 9.59 Å². The van der Waals surface area contributed by atoms with Crippen molar-refractivity contribution in [3.63, 3.8) is 0 Å². The number of carbonyl (C=O) groups excluding carboxylic acids is 2. The molecule has 0 saturated carbocycles. The minimum Gasteiger partial charge on any atom is -0.497 e. The van der Waals surface area contributed by atoms with Crippen LogP contribution in [0.3, 0.4) is 0 Å². The maximum Gasteiger partial charge on any atom is 0.243 e. The topological polar surface area (TPSA) is 80.2 Å². The smallest absolute Gasteiger partial charge is 0.243 e. The number of nitrogens with one attached hydrogen (secondary N) is 1. The number of rotatable bonds is 8. The molecule has 174 valence electrons. The number of hydrazone groups is 1. The van der Waals surface area contributed by atoms with Crippen LogP contribution < -0.4 is 14.8 Å². The predicted molar refractivity (Wildman–Crippen MR) is 131 cm³/mol. The summed E-state index contributed by atoms with van der Waals surface area (Å²) < 4.78 is 10.4. The van der Waals surface area contributed by atoms with Crippen molar-refractivity contribution in [2.45, 2.75) is 25.3 Å². The summed E-state index contributed by atoms with van der Waals surface area (Å²) in [5.41, 5.74) is 3.41. The largest absolute Gasteiger partial charge is 0.497 e. The van der Waals surface area contributed by atoms with Gasteiger partial charge in [0.25, 0.3) is 0 Å². The maximum atomic E-state index is 13.2. The van der Waals surface area contributed by atoms with Crippen molar-refractivity contribution in [2.24, 2.45) is 5.10 Å². The first-order chi connectivity index (χ1) is 16.6. The minimum atomic E-state index is -0.242. The summed E-state index contributed by atoms with van der Waals surface area (Å²) in [5, 5.41) is 8.99. The van der Waals surface area contributed by atoms with Crippen LogP contribution in [0.4, 0.5) is 5.69 Å². The number of benzene rings is 3. The van der Waals surface area contributed by atoms with E-state index in [2.05, 4.69) is 10.4 Å². The van der Waals surface area contributed by atoms with Gasteiger partial charge in [-0.25, -0.2) is 5.01 Å². The number of anilines is 1. The van der Waals surface area contributed by atoms with Crippen molar-refractivity contribution >= 4 is 23.2 Å². The van der Waals surface area contributed by atoms with Gasteiger partial charge in [0.05, 0.1) is 26.0 Å². The van der Waals surface area contributed by atoms with Crippen LogP contribution in [-0.4, -0.2) is 36.8 Å². The van der Waals surface area contributed by atoms with E-state index in [1.807, 2.05) is 54.6 Å². The van der Waals surface area contributed by atoms with Crippen LogP contribution >= 0.6 is 0 Å². The molecule has 0 aliphatic carbocycles. The molecule has 4 rings (SSSR count). The Kier molecular flexibility index (Phi) is 7.22. The number of methoxy groups -OCH3 is 2. The molecule has 1 atom stereocenters. The van der Waals surface area contributed by atoms with Crippen LogP contribution in [0.1, 0.15) is 36.4 Å². The quantitative estimate of drug-likeness (QED) is 0.527.